The van der Waals surface area contributed by atoms with Crippen LogP contribution in [0.25, 0.3) is 0 Å². The van der Waals surface area contributed by atoms with Crippen LogP contribution in [-0.2, 0) is 9.84 Å². The maximum atomic E-state index is 11.6. The van der Waals surface area contributed by atoms with E-state index in [1.165, 1.54) is 25.3 Å². The number of nitrogens with one attached hydrogen (secondary N) is 1. The standard InChI is InChI=1S/C11H15NO5S/c1-17-10-4-3-8(7-9(10)13)11(14)12-5-6-18(2,15)16/h3-4,7,13H,5-6H2,1-2H3,(H,12,14). The third-order valence-electron chi connectivity index (χ3n) is 2.20. The third kappa shape index (κ3) is 4.25. The monoisotopic (exact) mass is 273 g/mol. The van der Waals surface area contributed by atoms with Crippen molar-refractivity contribution in [3.63, 3.8) is 0 Å². The average molecular weight is 273 g/mol. The molecular formula is C11H15NO5S. The number of hydrogen-bond donors (Lipinski definition) is 2. The van der Waals surface area contributed by atoms with Gasteiger partial charge in [-0.1, -0.05) is 0 Å². The fourth-order valence-corrected chi connectivity index (χ4v) is 1.76. The number of rotatable bonds is 5. The second-order valence-electron chi connectivity index (χ2n) is 3.77. The van der Waals surface area contributed by atoms with Gasteiger partial charge in [-0.25, -0.2) is 8.42 Å². The van der Waals surface area contributed by atoms with Crippen molar-refractivity contribution in [2.75, 3.05) is 25.7 Å². The van der Waals surface area contributed by atoms with Crippen LogP contribution in [0.1, 0.15) is 10.4 Å². The molecule has 0 saturated carbocycles. The van der Waals surface area contributed by atoms with Crippen molar-refractivity contribution in [1.29, 1.82) is 0 Å². The fourth-order valence-electron chi connectivity index (χ4n) is 1.28. The molecule has 0 aliphatic heterocycles. The summed E-state index contributed by atoms with van der Waals surface area (Å²) in [4.78, 5) is 11.6. The molecule has 6 nitrogen and oxygen atoms in total. The Kier molecular flexibility index (Phi) is 4.55. The number of phenols is 1. The largest absolute Gasteiger partial charge is 0.504 e. The maximum absolute atomic E-state index is 11.6. The normalized spacial score (nSPS) is 11.0. The summed E-state index contributed by atoms with van der Waals surface area (Å²) in [7, 11) is -1.70. The number of amides is 1. The zero-order chi connectivity index (χ0) is 13.8. The highest BCUT2D eigenvalue weighted by atomic mass is 32.2. The van der Waals surface area contributed by atoms with E-state index in [0.717, 1.165) is 6.26 Å². The van der Waals surface area contributed by atoms with Gasteiger partial charge in [0.15, 0.2) is 11.5 Å². The smallest absolute Gasteiger partial charge is 0.251 e. The van der Waals surface area contributed by atoms with Gasteiger partial charge in [-0.05, 0) is 18.2 Å². The van der Waals surface area contributed by atoms with Crippen LogP contribution in [0.2, 0.25) is 0 Å². The molecule has 0 aliphatic rings. The molecule has 0 bridgehead atoms. The van der Waals surface area contributed by atoms with Crippen LogP contribution in [0, 0.1) is 0 Å². The Hall–Kier alpha value is -1.76. The zero-order valence-corrected chi connectivity index (χ0v) is 11.0. The third-order valence-corrected chi connectivity index (χ3v) is 3.15. The van der Waals surface area contributed by atoms with Crippen LogP contribution >= 0.6 is 0 Å². The van der Waals surface area contributed by atoms with Crippen molar-refractivity contribution in [2.45, 2.75) is 0 Å². The molecule has 2 N–H and O–H groups in total. The van der Waals surface area contributed by atoms with Crippen LogP contribution in [-0.4, -0.2) is 45.1 Å². The van der Waals surface area contributed by atoms with E-state index in [-0.39, 0.29) is 29.4 Å². The molecule has 1 rings (SSSR count). The number of hydrogen-bond acceptors (Lipinski definition) is 5. The molecule has 0 aliphatic carbocycles. The molecule has 0 unspecified atom stereocenters. The molecule has 7 heteroatoms. The molecular weight excluding hydrogens is 258 g/mol. The molecule has 0 heterocycles. The molecule has 1 aromatic carbocycles. The Balaban J connectivity index is 2.65. The van der Waals surface area contributed by atoms with Crippen molar-refractivity contribution < 1.29 is 23.1 Å². The predicted octanol–water partition coefficient (Wildman–Crippen LogP) is 0.175. The molecule has 0 spiro atoms. The molecule has 0 aromatic heterocycles. The minimum absolute atomic E-state index is 0.0322. The van der Waals surface area contributed by atoms with Gasteiger partial charge >= 0.3 is 0 Å². The topological polar surface area (TPSA) is 92.7 Å². The van der Waals surface area contributed by atoms with Crippen molar-refractivity contribution in [3.8, 4) is 11.5 Å². The second kappa shape index (κ2) is 5.72. The van der Waals surface area contributed by atoms with Gasteiger partial charge in [0.1, 0.15) is 9.84 Å². The lowest BCUT2D eigenvalue weighted by atomic mass is 10.2. The Morgan fingerprint density at radius 2 is 2.11 bits per heavy atom. The van der Waals surface area contributed by atoms with Gasteiger partial charge in [0, 0.05) is 18.4 Å². The van der Waals surface area contributed by atoms with Crippen molar-refractivity contribution in [2.24, 2.45) is 0 Å². The lowest BCUT2D eigenvalue weighted by molar-refractivity contribution is 0.0955. The van der Waals surface area contributed by atoms with E-state index in [1.54, 1.807) is 0 Å². The summed E-state index contributed by atoms with van der Waals surface area (Å²) >= 11 is 0. The summed E-state index contributed by atoms with van der Waals surface area (Å²) in [5, 5.41) is 11.9. The van der Waals surface area contributed by atoms with E-state index < -0.39 is 15.7 Å². The Labute approximate surface area is 106 Å². The molecule has 18 heavy (non-hydrogen) atoms. The van der Waals surface area contributed by atoms with E-state index in [0.29, 0.717) is 0 Å². The van der Waals surface area contributed by atoms with Gasteiger partial charge in [-0.15, -0.1) is 0 Å². The Morgan fingerprint density at radius 3 is 2.61 bits per heavy atom. The summed E-state index contributed by atoms with van der Waals surface area (Å²) < 4.78 is 26.6. The minimum atomic E-state index is -3.10. The first-order valence-corrected chi connectivity index (χ1v) is 7.22. The summed E-state index contributed by atoms with van der Waals surface area (Å²) in [6.07, 6.45) is 1.10. The Bertz CT molecular complexity index is 538. The van der Waals surface area contributed by atoms with Crippen molar-refractivity contribution >= 4 is 15.7 Å². The molecule has 100 valence electrons. The van der Waals surface area contributed by atoms with E-state index in [1.807, 2.05) is 0 Å². The SMILES string of the molecule is COc1ccc(C(=O)NCCS(C)(=O)=O)cc1O. The number of carbonyl (C=O) groups excluding carboxylic acids is 1. The van der Waals surface area contributed by atoms with Gasteiger partial charge in [-0.2, -0.15) is 0 Å². The quantitative estimate of drug-likeness (QED) is 0.798. The van der Waals surface area contributed by atoms with E-state index in [9.17, 15) is 18.3 Å². The van der Waals surface area contributed by atoms with Crippen molar-refractivity contribution in [3.05, 3.63) is 23.8 Å². The van der Waals surface area contributed by atoms with Gasteiger partial charge in [0.25, 0.3) is 5.91 Å². The lowest BCUT2D eigenvalue weighted by Gasteiger charge is -2.07. The van der Waals surface area contributed by atoms with Crippen LogP contribution in [0.4, 0.5) is 0 Å². The highest BCUT2D eigenvalue weighted by molar-refractivity contribution is 7.90. The second-order valence-corrected chi connectivity index (χ2v) is 6.03. The molecule has 0 fully saturated rings. The fraction of sp³-hybridized carbons (Fsp3) is 0.364. The first kappa shape index (κ1) is 14.3. The number of phenolic OH excluding ortho intramolecular Hbond substituents is 1. The minimum Gasteiger partial charge on any atom is -0.504 e. The van der Waals surface area contributed by atoms with E-state index in [4.69, 9.17) is 4.74 Å². The summed E-state index contributed by atoms with van der Waals surface area (Å²) in [5.74, 6) is -0.450. The van der Waals surface area contributed by atoms with Crippen LogP contribution in [0.15, 0.2) is 18.2 Å². The number of ether oxygens (including phenoxy) is 1. The molecule has 1 aromatic rings. The highest BCUT2D eigenvalue weighted by Gasteiger charge is 2.10. The highest BCUT2D eigenvalue weighted by Crippen LogP contribution is 2.25. The summed E-state index contributed by atoms with van der Waals surface area (Å²) in [5.41, 5.74) is 0.238. The Morgan fingerprint density at radius 1 is 1.44 bits per heavy atom. The zero-order valence-electron chi connectivity index (χ0n) is 10.1. The summed E-state index contributed by atoms with van der Waals surface area (Å²) in [6, 6.07) is 4.20. The number of sulfone groups is 1. The van der Waals surface area contributed by atoms with E-state index in [2.05, 4.69) is 5.32 Å². The van der Waals surface area contributed by atoms with Gasteiger partial charge in [0.05, 0.1) is 12.9 Å². The maximum Gasteiger partial charge on any atom is 0.251 e. The first-order chi connectivity index (χ1) is 8.33. The molecule has 0 atom stereocenters. The number of aromatic hydroxyl groups is 1. The first-order valence-electron chi connectivity index (χ1n) is 5.16. The van der Waals surface area contributed by atoms with Crippen LogP contribution in [0.3, 0.4) is 0 Å². The lowest BCUT2D eigenvalue weighted by Crippen LogP contribution is -2.28. The van der Waals surface area contributed by atoms with Crippen LogP contribution in [0.5, 0.6) is 11.5 Å². The van der Waals surface area contributed by atoms with Crippen LogP contribution < -0.4 is 10.1 Å². The summed E-state index contributed by atoms with van der Waals surface area (Å²) in [6.45, 7) is 0.0322. The van der Waals surface area contributed by atoms with Gasteiger partial charge in [0.2, 0.25) is 0 Å². The predicted molar refractivity (Wildman–Crippen MR) is 66.7 cm³/mol. The van der Waals surface area contributed by atoms with Crippen molar-refractivity contribution in [1.82, 2.24) is 5.32 Å². The molecule has 1 amide bonds. The van der Waals surface area contributed by atoms with E-state index >= 15 is 0 Å². The number of methoxy groups -OCH3 is 1. The number of benzene rings is 1. The average Bonchev–Trinajstić information content (AvgIpc) is 2.27. The molecule has 0 radical (unpaired) electrons. The van der Waals surface area contributed by atoms with Gasteiger partial charge < -0.3 is 15.2 Å². The van der Waals surface area contributed by atoms with Gasteiger partial charge in [-0.3, -0.25) is 4.79 Å². The number of carbonyl (C=O) groups is 1. The molecule has 0 saturated heterocycles.